The van der Waals surface area contributed by atoms with Crippen LogP contribution in [-0.2, 0) is 22.5 Å². The number of carbonyl (C=O) groups is 1. The van der Waals surface area contributed by atoms with Crippen LogP contribution in [0.2, 0.25) is 0 Å². The predicted octanol–water partition coefficient (Wildman–Crippen LogP) is 2.27. The molecule has 1 unspecified atom stereocenters. The number of carbonyl (C=O) groups excluding carboxylic acids is 1. The summed E-state index contributed by atoms with van der Waals surface area (Å²) in [6.45, 7) is 3.78. The second-order valence-electron chi connectivity index (χ2n) is 5.52. The molecule has 0 spiro atoms. The van der Waals surface area contributed by atoms with Gasteiger partial charge in [-0.1, -0.05) is 0 Å². The lowest BCUT2D eigenvalue weighted by atomic mass is 9.86. The molecule has 0 saturated heterocycles. The van der Waals surface area contributed by atoms with Crippen molar-refractivity contribution in [3.05, 3.63) is 26.6 Å². The van der Waals surface area contributed by atoms with Crippen LogP contribution in [0.1, 0.15) is 41.9 Å². The molecular formula is C16H17N3O3S. The molecule has 2 heterocycles. The number of rotatable bonds is 3. The van der Waals surface area contributed by atoms with Gasteiger partial charge in [0.15, 0.2) is 0 Å². The fourth-order valence-corrected chi connectivity index (χ4v) is 4.46. The van der Waals surface area contributed by atoms with Crippen molar-refractivity contribution in [2.45, 2.75) is 45.6 Å². The number of fused-ring (bicyclic) bond motifs is 3. The smallest absolute Gasteiger partial charge is 0.313 e. The van der Waals surface area contributed by atoms with Crippen LogP contribution >= 0.6 is 11.3 Å². The molecule has 1 aliphatic carbocycles. The van der Waals surface area contributed by atoms with Crippen molar-refractivity contribution in [3.8, 4) is 6.07 Å². The zero-order valence-corrected chi connectivity index (χ0v) is 13.9. The average molecular weight is 331 g/mol. The van der Waals surface area contributed by atoms with Gasteiger partial charge in [0.25, 0.3) is 5.56 Å². The number of thiophene rings is 1. The molecule has 0 bridgehead atoms. The maximum Gasteiger partial charge on any atom is 0.313 e. The highest BCUT2D eigenvalue weighted by molar-refractivity contribution is 7.18. The first kappa shape index (κ1) is 15.7. The third-order valence-electron chi connectivity index (χ3n) is 4.16. The van der Waals surface area contributed by atoms with Gasteiger partial charge in [0.2, 0.25) is 0 Å². The second-order valence-corrected chi connectivity index (χ2v) is 6.61. The van der Waals surface area contributed by atoms with Gasteiger partial charge in [-0.25, -0.2) is 4.98 Å². The van der Waals surface area contributed by atoms with Gasteiger partial charge in [-0.3, -0.25) is 14.2 Å². The highest BCUT2D eigenvalue weighted by Gasteiger charge is 2.33. The topological polar surface area (TPSA) is 85.0 Å². The average Bonchev–Trinajstić information content (AvgIpc) is 2.89. The lowest BCUT2D eigenvalue weighted by molar-refractivity contribution is -0.145. The molecule has 3 rings (SSSR count). The zero-order chi connectivity index (χ0) is 16.6. The number of esters is 1. The van der Waals surface area contributed by atoms with Gasteiger partial charge in [0.1, 0.15) is 17.2 Å². The molecular weight excluding hydrogens is 314 g/mol. The molecule has 6 nitrogen and oxygen atoms in total. The summed E-state index contributed by atoms with van der Waals surface area (Å²) in [7, 11) is 0. The Kier molecular flexibility index (Phi) is 4.18. The third-order valence-corrected chi connectivity index (χ3v) is 5.32. The minimum atomic E-state index is -0.403. The molecule has 0 aliphatic heterocycles. The van der Waals surface area contributed by atoms with E-state index in [0.717, 1.165) is 23.3 Å². The fourth-order valence-electron chi connectivity index (χ4n) is 3.15. The van der Waals surface area contributed by atoms with Crippen LogP contribution in [0.15, 0.2) is 4.79 Å². The summed E-state index contributed by atoms with van der Waals surface area (Å²) in [5, 5.41) is 9.42. The molecule has 2 aromatic heterocycles. The van der Waals surface area contributed by atoms with Crippen molar-refractivity contribution in [1.82, 2.24) is 9.55 Å². The van der Waals surface area contributed by atoms with E-state index in [4.69, 9.17) is 10.00 Å². The zero-order valence-electron chi connectivity index (χ0n) is 13.1. The van der Waals surface area contributed by atoms with Crippen LogP contribution < -0.4 is 5.56 Å². The van der Waals surface area contributed by atoms with Crippen LogP contribution in [0, 0.1) is 18.3 Å². The summed E-state index contributed by atoms with van der Waals surface area (Å²) in [6.07, 6.45) is 2.43. The van der Waals surface area contributed by atoms with Crippen molar-refractivity contribution in [1.29, 1.82) is 5.26 Å². The molecule has 1 aliphatic rings. The molecule has 0 saturated carbocycles. The standard InChI is InChI=1S/C16H17N3O3S/c1-3-22-16(21)10-5-4-6-11-12(10)13-14(23-11)18-9(2)19(8-7-17)15(13)20/h10H,3-6,8H2,1-2H3. The van der Waals surface area contributed by atoms with Gasteiger partial charge in [-0.15, -0.1) is 11.3 Å². The molecule has 7 heteroatoms. The van der Waals surface area contributed by atoms with Crippen LogP contribution in [0.25, 0.3) is 10.2 Å². The van der Waals surface area contributed by atoms with Crippen LogP contribution in [0.4, 0.5) is 0 Å². The lowest BCUT2D eigenvalue weighted by Gasteiger charge is -2.21. The van der Waals surface area contributed by atoms with Crippen molar-refractivity contribution in [2.75, 3.05) is 6.61 Å². The number of aromatic nitrogens is 2. The van der Waals surface area contributed by atoms with Crippen molar-refractivity contribution in [2.24, 2.45) is 0 Å². The van der Waals surface area contributed by atoms with E-state index in [1.54, 1.807) is 13.8 Å². The maximum atomic E-state index is 12.8. The van der Waals surface area contributed by atoms with E-state index in [1.165, 1.54) is 15.9 Å². The Balaban J connectivity index is 2.26. The largest absolute Gasteiger partial charge is 0.466 e. The SMILES string of the molecule is CCOC(=O)C1CCCc2sc3nc(C)n(CC#N)c(=O)c3c21. The summed E-state index contributed by atoms with van der Waals surface area (Å²) in [5.74, 6) is -0.157. The Hall–Kier alpha value is -2.20. The molecule has 1 atom stereocenters. The summed E-state index contributed by atoms with van der Waals surface area (Å²) in [4.78, 5) is 31.3. The molecule has 2 aromatic rings. The summed E-state index contributed by atoms with van der Waals surface area (Å²) >= 11 is 1.48. The van der Waals surface area contributed by atoms with E-state index in [-0.39, 0.29) is 18.1 Å². The Bertz CT molecular complexity index is 875. The molecule has 23 heavy (non-hydrogen) atoms. The highest BCUT2D eigenvalue weighted by atomic mass is 32.1. The molecule has 120 valence electrons. The normalized spacial score (nSPS) is 16.8. The number of aryl methyl sites for hydroxylation is 2. The van der Waals surface area contributed by atoms with Crippen LogP contribution in [0.3, 0.4) is 0 Å². The third kappa shape index (κ3) is 2.53. The van der Waals surface area contributed by atoms with E-state index in [1.807, 2.05) is 6.07 Å². The van der Waals surface area contributed by atoms with E-state index >= 15 is 0 Å². The van der Waals surface area contributed by atoms with E-state index in [9.17, 15) is 9.59 Å². The number of hydrogen-bond acceptors (Lipinski definition) is 6. The summed E-state index contributed by atoms with van der Waals surface area (Å²) in [5.41, 5.74) is 0.543. The maximum absolute atomic E-state index is 12.8. The first-order chi connectivity index (χ1) is 11.1. The molecule has 0 aromatic carbocycles. The summed E-state index contributed by atoms with van der Waals surface area (Å²) in [6, 6.07) is 1.99. The van der Waals surface area contributed by atoms with Crippen molar-refractivity contribution in [3.63, 3.8) is 0 Å². The van der Waals surface area contributed by atoms with Gasteiger partial charge < -0.3 is 4.74 Å². The Morgan fingerprint density at radius 3 is 3.04 bits per heavy atom. The fraction of sp³-hybridized carbons (Fsp3) is 0.500. The van der Waals surface area contributed by atoms with Gasteiger partial charge in [-0.2, -0.15) is 5.26 Å². The van der Waals surface area contributed by atoms with Gasteiger partial charge in [0, 0.05) is 4.88 Å². The Morgan fingerprint density at radius 2 is 2.35 bits per heavy atom. The number of nitrogens with zero attached hydrogens (tertiary/aromatic N) is 3. The Morgan fingerprint density at radius 1 is 1.57 bits per heavy atom. The monoisotopic (exact) mass is 331 g/mol. The van der Waals surface area contributed by atoms with Crippen molar-refractivity contribution < 1.29 is 9.53 Å². The van der Waals surface area contributed by atoms with E-state index in [0.29, 0.717) is 29.1 Å². The van der Waals surface area contributed by atoms with E-state index < -0.39 is 5.92 Å². The quantitative estimate of drug-likeness (QED) is 0.806. The van der Waals surface area contributed by atoms with Gasteiger partial charge >= 0.3 is 5.97 Å². The highest BCUT2D eigenvalue weighted by Crippen LogP contribution is 2.41. The first-order valence-corrected chi connectivity index (χ1v) is 8.46. The molecule has 0 N–H and O–H groups in total. The minimum Gasteiger partial charge on any atom is -0.466 e. The predicted molar refractivity (Wildman–Crippen MR) is 86.5 cm³/mol. The number of nitriles is 1. The molecule has 0 fully saturated rings. The summed E-state index contributed by atoms with van der Waals surface area (Å²) < 4.78 is 6.55. The number of ether oxygens (including phenoxy) is 1. The van der Waals surface area contributed by atoms with Crippen LogP contribution in [-0.4, -0.2) is 22.1 Å². The lowest BCUT2D eigenvalue weighted by Crippen LogP contribution is -2.26. The van der Waals surface area contributed by atoms with Gasteiger partial charge in [-0.05, 0) is 38.7 Å². The first-order valence-electron chi connectivity index (χ1n) is 7.64. The van der Waals surface area contributed by atoms with Crippen molar-refractivity contribution >= 4 is 27.5 Å². The van der Waals surface area contributed by atoms with Crippen LogP contribution in [0.5, 0.6) is 0 Å². The van der Waals surface area contributed by atoms with E-state index in [2.05, 4.69) is 4.98 Å². The van der Waals surface area contributed by atoms with Gasteiger partial charge in [0.05, 0.1) is 24.0 Å². The molecule has 0 amide bonds. The second kappa shape index (κ2) is 6.13. The number of hydrogen-bond donors (Lipinski definition) is 0. The minimum absolute atomic E-state index is 0.0394. The Labute approximate surface area is 137 Å². The molecule has 0 radical (unpaired) electrons.